The van der Waals surface area contributed by atoms with Gasteiger partial charge < -0.3 is 10.6 Å². The monoisotopic (exact) mass is 482 g/mol. The molecule has 3 aromatic rings. The number of aromatic nitrogens is 3. The summed E-state index contributed by atoms with van der Waals surface area (Å²) >= 11 is 0. The normalized spacial score (nSPS) is 20.9. The minimum Gasteiger partial charge on any atom is -0.363 e. The van der Waals surface area contributed by atoms with Crippen LogP contribution in [0.25, 0.3) is 11.3 Å². The molecule has 0 saturated carbocycles. The summed E-state index contributed by atoms with van der Waals surface area (Å²) in [7, 11) is 2.20. The number of primary amides is 1. The van der Waals surface area contributed by atoms with Crippen molar-refractivity contribution in [3.05, 3.63) is 95.6 Å². The Labute approximate surface area is 212 Å². The van der Waals surface area contributed by atoms with Crippen LogP contribution in [-0.2, 0) is 6.42 Å². The summed E-state index contributed by atoms with van der Waals surface area (Å²) < 4.78 is 1.67. The zero-order valence-corrected chi connectivity index (χ0v) is 21.1. The maximum absolute atomic E-state index is 11.5. The van der Waals surface area contributed by atoms with Gasteiger partial charge in [-0.3, -0.25) is 9.69 Å². The van der Waals surface area contributed by atoms with E-state index in [1.54, 1.807) is 4.68 Å². The SMILES string of the molecule is Cc1nc(C(N)=O)nn1-c1ccc(CC2(CN3CCN(C)CC3)C=CC(c3ccccc3)=CC2)cc1. The zero-order valence-electron chi connectivity index (χ0n) is 21.1. The van der Waals surface area contributed by atoms with Crippen molar-refractivity contribution in [1.82, 2.24) is 24.6 Å². The van der Waals surface area contributed by atoms with Gasteiger partial charge in [-0.15, -0.1) is 5.10 Å². The van der Waals surface area contributed by atoms with Gasteiger partial charge in [-0.25, -0.2) is 9.67 Å². The molecule has 36 heavy (non-hydrogen) atoms. The number of piperazine rings is 1. The highest BCUT2D eigenvalue weighted by atomic mass is 16.1. The molecule has 5 rings (SSSR count). The molecule has 1 amide bonds. The smallest absolute Gasteiger partial charge is 0.288 e. The van der Waals surface area contributed by atoms with E-state index in [-0.39, 0.29) is 11.2 Å². The van der Waals surface area contributed by atoms with Crippen LogP contribution in [0.3, 0.4) is 0 Å². The summed E-state index contributed by atoms with van der Waals surface area (Å²) in [5.74, 6) is 0.0549. The predicted octanol–water partition coefficient (Wildman–Crippen LogP) is 3.49. The number of carbonyl (C=O) groups excluding carboxylic acids is 1. The van der Waals surface area contributed by atoms with Crippen LogP contribution in [0.15, 0.2) is 72.8 Å². The molecule has 0 spiro atoms. The summed E-state index contributed by atoms with van der Waals surface area (Å²) in [6.45, 7) is 7.31. The molecule has 1 aliphatic heterocycles. The first-order chi connectivity index (χ1) is 17.4. The largest absolute Gasteiger partial charge is 0.363 e. The van der Waals surface area contributed by atoms with Gasteiger partial charge in [0.25, 0.3) is 5.91 Å². The van der Waals surface area contributed by atoms with Crippen molar-refractivity contribution in [2.24, 2.45) is 11.1 Å². The Morgan fingerprint density at radius 2 is 1.75 bits per heavy atom. The average Bonchev–Trinajstić information content (AvgIpc) is 3.29. The van der Waals surface area contributed by atoms with Gasteiger partial charge in [0.2, 0.25) is 5.82 Å². The highest BCUT2D eigenvalue weighted by molar-refractivity contribution is 5.88. The topological polar surface area (TPSA) is 80.3 Å². The lowest BCUT2D eigenvalue weighted by Gasteiger charge is -2.41. The summed E-state index contributed by atoms with van der Waals surface area (Å²) in [6.07, 6.45) is 9.13. The molecule has 1 aromatic heterocycles. The lowest BCUT2D eigenvalue weighted by molar-refractivity contribution is 0.0990. The third-order valence-corrected chi connectivity index (χ3v) is 7.31. The van der Waals surface area contributed by atoms with Crippen LogP contribution in [0.1, 0.15) is 34.0 Å². The first kappa shape index (κ1) is 24.2. The summed E-state index contributed by atoms with van der Waals surface area (Å²) in [5.41, 5.74) is 10.1. The second-order valence-corrected chi connectivity index (χ2v) is 10.1. The molecule has 1 saturated heterocycles. The van der Waals surface area contributed by atoms with Gasteiger partial charge >= 0.3 is 0 Å². The van der Waals surface area contributed by atoms with E-state index in [9.17, 15) is 4.79 Å². The summed E-state index contributed by atoms with van der Waals surface area (Å²) in [5, 5.41) is 4.26. The van der Waals surface area contributed by atoms with Crippen molar-refractivity contribution >= 4 is 11.5 Å². The Morgan fingerprint density at radius 1 is 1.03 bits per heavy atom. The van der Waals surface area contributed by atoms with Crippen LogP contribution >= 0.6 is 0 Å². The van der Waals surface area contributed by atoms with Crippen molar-refractivity contribution in [1.29, 1.82) is 0 Å². The molecule has 1 aliphatic carbocycles. The Hall–Kier alpha value is -3.55. The lowest BCUT2D eigenvalue weighted by atomic mass is 9.74. The Bertz CT molecular complexity index is 1270. The molecule has 2 heterocycles. The van der Waals surface area contributed by atoms with Gasteiger partial charge in [0.1, 0.15) is 5.82 Å². The van der Waals surface area contributed by atoms with E-state index in [1.165, 1.54) is 16.7 Å². The van der Waals surface area contributed by atoms with E-state index in [2.05, 4.69) is 87.6 Å². The third kappa shape index (κ3) is 5.32. The Kier molecular flexibility index (Phi) is 6.85. The standard InChI is InChI=1S/C29H34N6O/c1-22-31-28(27(30)36)32-35(22)26-10-8-23(9-11-26)20-29(21-34-18-16-33(2)17-19-34)14-12-25(13-15-29)24-6-4-3-5-7-24/h3-14H,15-21H2,1-2H3,(H2,30,36). The lowest BCUT2D eigenvalue weighted by Crippen LogP contribution is -2.48. The van der Waals surface area contributed by atoms with E-state index in [0.717, 1.165) is 51.3 Å². The number of nitrogens with zero attached hydrogens (tertiary/aromatic N) is 5. The molecular weight excluding hydrogens is 448 g/mol. The highest BCUT2D eigenvalue weighted by Crippen LogP contribution is 2.37. The quantitative estimate of drug-likeness (QED) is 0.558. The second-order valence-electron chi connectivity index (χ2n) is 10.1. The number of amides is 1. The van der Waals surface area contributed by atoms with Crippen LogP contribution in [0, 0.1) is 12.3 Å². The summed E-state index contributed by atoms with van der Waals surface area (Å²) in [6, 6.07) is 19.0. The predicted molar refractivity (Wildman–Crippen MR) is 143 cm³/mol. The molecule has 7 heteroatoms. The minimum atomic E-state index is -0.619. The molecule has 2 aliphatic rings. The minimum absolute atomic E-state index is 0.0380. The number of nitrogens with two attached hydrogens (primary N) is 1. The number of likely N-dealkylation sites (N-methyl/N-ethyl adjacent to an activating group) is 1. The van der Waals surface area contributed by atoms with E-state index in [0.29, 0.717) is 5.82 Å². The zero-order chi connectivity index (χ0) is 25.1. The average molecular weight is 483 g/mol. The molecular formula is C29H34N6O. The molecule has 1 atom stereocenters. The third-order valence-electron chi connectivity index (χ3n) is 7.31. The first-order valence-corrected chi connectivity index (χ1v) is 12.6. The second kappa shape index (κ2) is 10.2. The molecule has 7 nitrogen and oxygen atoms in total. The van der Waals surface area contributed by atoms with Crippen molar-refractivity contribution < 1.29 is 4.79 Å². The molecule has 2 N–H and O–H groups in total. The fourth-order valence-corrected chi connectivity index (χ4v) is 5.22. The molecule has 0 radical (unpaired) electrons. The van der Waals surface area contributed by atoms with Crippen LogP contribution in [0.2, 0.25) is 0 Å². The van der Waals surface area contributed by atoms with E-state index in [1.807, 2.05) is 19.1 Å². The van der Waals surface area contributed by atoms with Crippen molar-refractivity contribution in [3.8, 4) is 5.69 Å². The maximum Gasteiger partial charge on any atom is 0.288 e. The fourth-order valence-electron chi connectivity index (χ4n) is 5.22. The molecule has 186 valence electrons. The molecule has 1 fully saturated rings. The van der Waals surface area contributed by atoms with Crippen molar-refractivity contribution in [2.45, 2.75) is 19.8 Å². The number of aryl methyl sites for hydroxylation is 1. The Morgan fingerprint density at radius 3 is 2.36 bits per heavy atom. The van der Waals surface area contributed by atoms with Crippen LogP contribution < -0.4 is 5.73 Å². The maximum atomic E-state index is 11.5. The van der Waals surface area contributed by atoms with E-state index in [4.69, 9.17) is 5.73 Å². The molecule has 0 bridgehead atoms. The van der Waals surface area contributed by atoms with Gasteiger partial charge in [-0.05, 0) is 55.6 Å². The number of hydrogen-bond acceptors (Lipinski definition) is 5. The number of hydrogen-bond donors (Lipinski definition) is 1. The van der Waals surface area contributed by atoms with Crippen molar-refractivity contribution in [3.63, 3.8) is 0 Å². The van der Waals surface area contributed by atoms with Gasteiger partial charge in [-0.2, -0.15) is 0 Å². The van der Waals surface area contributed by atoms with Gasteiger partial charge in [0, 0.05) is 38.1 Å². The van der Waals surface area contributed by atoms with Crippen LogP contribution in [-0.4, -0.2) is 70.2 Å². The van der Waals surface area contributed by atoms with E-state index < -0.39 is 5.91 Å². The molecule has 2 aromatic carbocycles. The van der Waals surface area contributed by atoms with Gasteiger partial charge in [-0.1, -0.05) is 60.7 Å². The number of rotatable bonds is 7. The van der Waals surface area contributed by atoms with Gasteiger partial charge in [0.15, 0.2) is 0 Å². The fraction of sp³-hybridized carbons (Fsp3) is 0.345. The van der Waals surface area contributed by atoms with Crippen LogP contribution in [0.5, 0.6) is 0 Å². The Balaban J connectivity index is 1.37. The first-order valence-electron chi connectivity index (χ1n) is 12.6. The number of allylic oxidation sites excluding steroid dienone is 3. The molecule has 1 unspecified atom stereocenters. The number of carbonyl (C=O) groups is 1. The van der Waals surface area contributed by atoms with Gasteiger partial charge in [0.05, 0.1) is 5.69 Å². The van der Waals surface area contributed by atoms with E-state index >= 15 is 0 Å². The van der Waals surface area contributed by atoms with Crippen LogP contribution in [0.4, 0.5) is 0 Å². The highest BCUT2D eigenvalue weighted by Gasteiger charge is 2.32. The number of benzene rings is 2. The van der Waals surface area contributed by atoms with Crippen molar-refractivity contribution in [2.75, 3.05) is 39.8 Å². The summed E-state index contributed by atoms with van der Waals surface area (Å²) in [4.78, 5) is 20.7.